The number of hydrogen-bond donors (Lipinski definition) is 1. The minimum atomic E-state index is 0.386. The van der Waals surface area contributed by atoms with Gasteiger partial charge in [-0.3, -0.25) is 4.98 Å². The van der Waals surface area contributed by atoms with Gasteiger partial charge in [-0.2, -0.15) is 0 Å². The van der Waals surface area contributed by atoms with Crippen LogP contribution in [0.3, 0.4) is 0 Å². The van der Waals surface area contributed by atoms with E-state index in [-0.39, 0.29) is 0 Å². The molecule has 1 saturated carbocycles. The maximum absolute atomic E-state index is 9.14. The van der Waals surface area contributed by atoms with E-state index in [0.29, 0.717) is 5.75 Å². The van der Waals surface area contributed by atoms with Gasteiger partial charge in [0, 0.05) is 17.3 Å². The van der Waals surface area contributed by atoms with Gasteiger partial charge >= 0.3 is 0 Å². The zero-order chi connectivity index (χ0) is 24.2. The molecule has 0 unspecified atom stereocenters. The van der Waals surface area contributed by atoms with Crippen LogP contribution in [0.5, 0.6) is 11.5 Å². The number of aromatic nitrogens is 1. The maximum atomic E-state index is 9.14. The van der Waals surface area contributed by atoms with E-state index in [1.165, 1.54) is 54.1 Å². The average Bonchev–Trinajstić information content (AvgIpc) is 2.86. The van der Waals surface area contributed by atoms with Crippen LogP contribution < -0.4 is 4.74 Å². The largest absolute Gasteiger partial charge is 0.508 e. The number of methoxy groups -OCH3 is 1. The number of aryl methyl sites for hydroxylation is 3. The highest BCUT2D eigenvalue weighted by molar-refractivity contribution is 5.85. The van der Waals surface area contributed by atoms with E-state index in [0.717, 1.165) is 36.0 Å². The summed E-state index contributed by atoms with van der Waals surface area (Å²) in [6, 6.07) is 14.1. The van der Waals surface area contributed by atoms with Gasteiger partial charge in [-0.25, -0.2) is 0 Å². The summed E-state index contributed by atoms with van der Waals surface area (Å²) in [6.07, 6.45) is 10.9. The van der Waals surface area contributed by atoms with Crippen molar-refractivity contribution in [1.82, 2.24) is 4.98 Å². The Morgan fingerprint density at radius 3 is 2.36 bits per heavy atom. The molecule has 1 fully saturated rings. The van der Waals surface area contributed by atoms with Crippen LogP contribution >= 0.6 is 0 Å². The van der Waals surface area contributed by atoms with Crippen LogP contribution in [0.1, 0.15) is 76.6 Å². The molecule has 1 N–H and O–H groups in total. The monoisotopic (exact) mass is 449 g/mol. The first-order chi connectivity index (χ1) is 16.0. The van der Waals surface area contributed by atoms with Gasteiger partial charge in [0.1, 0.15) is 11.5 Å². The summed E-state index contributed by atoms with van der Waals surface area (Å²) in [5.41, 5.74) is 3.46. The molecule has 0 amide bonds. The van der Waals surface area contributed by atoms with Gasteiger partial charge < -0.3 is 9.84 Å². The summed E-state index contributed by atoms with van der Waals surface area (Å²) in [6.45, 7) is 10.4. The molecule has 180 valence electrons. The summed E-state index contributed by atoms with van der Waals surface area (Å²) < 4.78 is 5.36. The van der Waals surface area contributed by atoms with Crippen LogP contribution in [0.4, 0.5) is 0 Å². The predicted octanol–water partition coefficient (Wildman–Crippen LogP) is 8.29. The second kappa shape index (κ2) is 13.9. The molecule has 2 aromatic carbocycles. The van der Waals surface area contributed by atoms with E-state index in [2.05, 4.69) is 37.0 Å². The van der Waals surface area contributed by atoms with Gasteiger partial charge in [-0.15, -0.1) is 0 Å². The Kier molecular flexibility index (Phi) is 11.2. The summed E-state index contributed by atoms with van der Waals surface area (Å²) in [4.78, 5) is 4.63. The number of ether oxygens (including phenoxy) is 1. The number of hydrogen-bond acceptors (Lipinski definition) is 3. The average molecular weight is 450 g/mol. The topological polar surface area (TPSA) is 42.4 Å². The van der Waals surface area contributed by atoms with Crippen molar-refractivity contribution in [1.29, 1.82) is 0 Å². The molecule has 0 radical (unpaired) electrons. The third-order valence-electron chi connectivity index (χ3n) is 6.65. The molecule has 3 aromatic rings. The molecule has 33 heavy (non-hydrogen) atoms. The lowest BCUT2D eigenvalue weighted by molar-refractivity contribution is 0.277. The molecule has 3 heteroatoms. The first-order valence-corrected chi connectivity index (χ1v) is 12.7. The number of nitrogens with zero attached hydrogens (tertiary/aromatic N) is 1. The van der Waals surface area contributed by atoms with Gasteiger partial charge in [-0.1, -0.05) is 71.6 Å². The summed E-state index contributed by atoms with van der Waals surface area (Å²) >= 11 is 0. The third-order valence-corrected chi connectivity index (χ3v) is 6.65. The van der Waals surface area contributed by atoms with E-state index >= 15 is 0 Å². The van der Waals surface area contributed by atoms with E-state index < -0.39 is 0 Å². The summed E-state index contributed by atoms with van der Waals surface area (Å²) in [5.74, 6) is 3.13. The lowest BCUT2D eigenvalue weighted by atomic mass is 9.80. The molecule has 1 aromatic heterocycles. The molecule has 1 heterocycles. The second-order valence-electron chi connectivity index (χ2n) is 8.98. The minimum Gasteiger partial charge on any atom is -0.508 e. The van der Waals surface area contributed by atoms with Crippen molar-refractivity contribution in [2.24, 2.45) is 11.8 Å². The zero-order valence-electron chi connectivity index (χ0n) is 21.5. The highest BCUT2D eigenvalue weighted by Gasteiger charge is 2.18. The van der Waals surface area contributed by atoms with Gasteiger partial charge in [0.15, 0.2) is 0 Å². The molecule has 0 spiro atoms. The van der Waals surface area contributed by atoms with Crippen molar-refractivity contribution in [2.45, 2.75) is 79.6 Å². The maximum Gasteiger partial charge on any atom is 0.119 e. The van der Waals surface area contributed by atoms with Crippen LogP contribution in [0, 0.1) is 18.8 Å². The van der Waals surface area contributed by atoms with Crippen molar-refractivity contribution in [3.05, 3.63) is 65.5 Å². The number of aromatic hydroxyl groups is 1. The molecule has 0 aliphatic heterocycles. The lowest BCUT2D eigenvalue weighted by Gasteiger charge is -2.26. The Morgan fingerprint density at radius 2 is 1.73 bits per heavy atom. The third kappa shape index (κ3) is 8.07. The molecule has 1 aliphatic rings. The lowest BCUT2D eigenvalue weighted by Crippen LogP contribution is -2.13. The number of fused-ring (bicyclic) bond motifs is 1. The Morgan fingerprint density at radius 1 is 1.00 bits per heavy atom. The first-order valence-electron chi connectivity index (χ1n) is 12.7. The van der Waals surface area contributed by atoms with E-state index in [1.807, 2.05) is 45.2 Å². The molecule has 1 aliphatic carbocycles. The zero-order valence-corrected chi connectivity index (χ0v) is 21.5. The number of rotatable bonds is 5. The Labute approximate surface area is 201 Å². The molecular weight excluding hydrogens is 406 g/mol. The normalized spacial score (nSPS) is 17.4. The Hall–Kier alpha value is -2.55. The van der Waals surface area contributed by atoms with Crippen LogP contribution in [0.2, 0.25) is 0 Å². The van der Waals surface area contributed by atoms with Crippen LogP contribution in [0.15, 0.2) is 48.7 Å². The number of benzene rings is 2. The van der Waals surface area contributed by atoms with Crippen molar-refractivity contribution in [2.75, 3.05) is 7.11 Å². The van der Waals surface area contributed by atoms with Crippen LogP contribution in [0.25, 0.3) is 10.8 Å². The first kappa shape index (κ1) is 26.7. The fraction of sp³-hybridized carbons (Fsp3) is 0.500. The fourth-order valence-corrected chi connectivity index (χ4v) is 4.43. The van der Waals surface area contributed by atoms with Crippen molar-refractivity contribution in [3.8, 4) is 11.5 Å². The van der Waals surface area contributed by atoms with Crippen molar-refractivity contribution >= 4 is 10.8 Å². The number of phenols is 1. The quantitative estimate of drug-likeness (QED) is 0.426. The molecule has 0 atom stereocenters. The van der Waals surface area contributed by atoms with Crippen molar-refractivity contribution < 1.29 is 9.84 Å². The summed E-state index contributed by atoms with van der Waals surface area (Å²) in [7, 11) is 1.72. The van der Waals surface area contributed by atoms with Gasteiger partial charge in [0.2, 0.25) is 0 Å². The van der Waals surface area contributed by atoms with Gasteiger partial charge in [-0.05, 0) is 78.8 Å². The van der Waals surface area contributed by atoms with E-state index in [1.54, 1.807) is 13.2 Å². The number of phenolic OH excluding ortho intramolecular Hbond substituents is 1. The highest BCUT2D eigenvalue weighted by atomic mass is 16.5. The standard InChI is InChI=1S/C19H25NO.C9H12O.C2H6/c1-14-3-5-15(6-4-14)7-10-19-18-13-17(21-2)9-8-16(18)11-12-20-19;1-3-8-4-5-9(10)7(2)6-8;1-2/h8-9,11-15H,3-7,10H2,1-2H3;4-6,10H,3H2,1-2H3;1-2H3. The smallest absolute Gasteiger partial charge is 0.119 e. The molecule has 0 saturated heterocycles. The van der Waals surface area contributed by atoms with Gasteiger partial charge in [0.05, 0.1) is 7.11 Å². The fourth-order valence-electron chi connectivity index (χ4n) is 4.43. The van der Waals surface area contributed by atoms with E-state index in [9.17, 15) is 0 Å². The molecule has 4 rings (SSSR count). The predicted molar refractivity (Wildman–Crippen MR) is 141 cm³/mol. The molecule has 3 nitrogen and oxygen atoms in total. The van der Waals surface area contributed by atoms with E-state index in [4.69, 9.17) is 9.84 Å². The second-order valence-corrected chi connectivity index (χ2v) is 8.98. The molecular formula is C30H43NO2. The highest BCUT2D eigenvalue weighted by Crippen LogP contribution is 2.32. The number of pyridine rings is 1. The van der Waals surface area contributed by atoms with Gasteiger partial charge in [0.25, 0.3) is 0 Å². The SMILES string of the molecule is CC.CCc1ccc(O)c(C)c1.COc1ccc2ccnc(CCC3CCC(C)CC3)c2c1. The van der Waals surface area contributed by atoms with Crippen LogP contribution in [-0.4, -0.2) is 17.2 Å². The van der Waals surface area contributed by atoms with Crippen molar-refractivity contribution in [3.63, 3.8) is 0 Å². The Balaban J connectivity index is 0.000000270. The molecule has 0 bridgehead atoms. The van der Waals surface area contributed by atoms with Crippen LogP contribution in [-0.2, 0) is 12.8 Å². The Bertz CT molecular complexity index is 974. The minimum absolute atomic E-state index is 0.386. The summed E-state index contributed by atoms with van der Waals surface area (Å²) in [5, 5.41) is 11.7.